The van der Waals surface area contributed by atoms with E-state index in [0.717, 1.165) is 59.5 Å². The van der Waals surface area contributed by atoms with Crippen molar-refractivity contribution in [2.45, 2.75) is 31.7 Å². The molecule has 0 saturated heterocycles. The highest BCUT2D eigenvalue weighted by atomic mass is 16.6. The van der Waals surface area contributed by atoms with E-state index in [9.17, 15) is 5.11 Å². The van der Waals surface area contributed by atoms with Crippen molar-refractivity contribution in [1.29, 1.82) is 0 Å². The molecule has 1 atom stereocenters. The molecule has 0 saturated carbocycles. The fraction of sp³-hybridized carbons (Fsp3) is 0.242. The Hall–Kier alpha value is -4.49. The molecule has 0 aliphatic carbocycles. The minimum absolute atomic E-state index is 0.0367. The summed E-state index contributed by atoms with van der Waals surface area (Å²) in [7, 11) is 1.68. The molecule has 7 nitrogen and oxygen atoms in total. The molecule has 0 fully saturated rings. The predicted octanol–water partition coefficient (Wildman–Crippen LogP) is 6.42. The number of methoxy groups -OCH3 is 1. The number of nitrogens with one attached hydrogen (secondary N) is 1. The van der Waals surface area contributed by atoms with Crippen molar-refractivity contribution in [2.24, 2.45) is 4.99 Å². The zero-order valence-electron chi connectivity index (χ0n) is 22.1. The normalized spacial score (nSPS) is 18.0. The summed E-state index contributed by atoms with van der Waals surface area (Å²) in [4.78, 5) is 4.90. The lowest BCUT2D eigenvalue weighted by molar-refractivity contribution is 0.319. The summed E-state index contributed by atoms with van der Waals surface area (Å²) in [6.45, 7) is 1.57. The van der Waals surface area contributed by atoms with Gasteiger partial charge in [0.1, 0.15) is 5.75 Å². The number of rotatable bonds is 1. The summed E-state index contributed by atoms with van der Waals surface area (Å²) in [5, 5.41) is 14.2. The van der Waals surface area contributed by atoms with Crippen molar-refractivity contribution < 1.29 is 24.1 Å². The number of phenolic OH excluding ortho intramolecular Hbond substituents is 1. The molecule has 0 aromatic heterocycles. The first-order chi connectivity index (χ1) is 19.6. The van der Waals surface area contributed by atoms with Crippen LogP contribution in [0.4, 0.5) is 0 Å². The molecule has 0 spiro atoms. The van der Waals surface area contributed by atoms with E-state index < -0.39 is 0 Å². The number of fused-ring (bicyclic) bond motifs is 2. The Morgan fingerprint density at radius 3 is 2.55 bits per heavy atom. The van der Waals surface area contributed by atoms with Gasteiger partial charge >= 0.3 is 0 Å². The molecular formula is C33H28N2O5. The Labute approximate surface area is 232 Å². The van der Waals surface area contributed by atoms with Gasteiger partial charge in [-0.3, -0.25) is 4.99 Å². The Bertz CT molecular complexity index is 1710. The van der Waals surface area contributed by atoms with E-state index in [0.29, 0.717) is 47.5 Å². The van der Waals surface area contributed by atoms with Gasteiger partial charge in [0, 0.05) is 35.8 Å². The van der Waals surface area contributed by atoms with Crippen molar-refractivity contribution in [2.75, 3.05) is 20.2 Å². The summed E-state index contributed by atoms with van der Waals surface area (Å²) >= 11 is 0. The van der Waals surface area contributed by atoms with Gasteiger partial charge in [0.2, 0.25) is 5.75 Å². The van der Waals surface area contributed by atoms with Crippen LogP contribution in [0, 0.1) is 0 Å². The first kappa shape index (κ1) is 23.4. The maximum Gasteiger partial charge on any atom is 0.212 e. The van der Waals surface area contributed by atoms with Gasteiger partial charge in [-0.2, -0.15) is 0 Å². The number of nitrogens with zero attached hydrogens (tertiary/aromatic N) is 1. The smallest absolute Gasteiger partial charge is 0.212 e. The Morgan fingerprint density at radius 1 is 0.850 bits per heavy atom. The Balaban J connectivity index is 1.32. The molecule has 7 heteroatoms. The molecule has 5 aliphatic rings. The number of hydrogen-bond donors (Lipinski definition) is 2. The molecule has 5 aliphatic heterocycles. The highest BCUT2D eigenvalue weighted by molar-refractivity contribution is 6.04. The standard InChI is InChI=1S/C33H28N2O5/c1-37-30-16-21-9-11-35-25-12-18-2-5-22(6-3-18)38-27-14-19(4-7-26(27)36)13-24-23-17-29-28(15-20(23)8-10-34-24)39-32(30)33(40-29)31(21)25/h2-7,14-17,25,35-36H,8-13H2,1H3/t25-/m0/s1. The van der Waals surface area contributed by atoms with E-state index in [1.807, 2.05) is 24.3 Å². The zero-order valence-corrected chi connectivity index (χ0v) is 22.1. The Kier molecular flexibility index (Phi) is 5.28. The highest BCUT2D eigenvalue weighted by Crippen LogP contribution is 2.55. The van der Waals surface area contributed by atoms with Gasteiger partial charge in [-0.05, 0) is 90.5 Å². The number of aliphatic imine (C=N–C) groups is 1. The van der Waals surface area contributed by atoms with Gasteiger partial charge in [-0.1, -0.05) is 18.2 Å². The third-order valence-electron chi connectivity index (χ3n) is 8.25. The number of ether oxygens (including phenoxy) is 4. The van der Waals surface area contributed by atoms with Crippen LogP contribution in [0.15, 0.2) is 65.7 Å². The second kappa shape index (κ2) is 9.03. The lowest BCUT2D eigenvalue weighted by Crippen LogP contribution is -2.32. The monoisotopic (exact) mass is 532 g/mol. The maximum atomic E-state index is 10.5. The van der Waals surface area contributed by atoms with Gasteiger partial charge < -0.3 is 29.4 Å². The van der Waals surface area contributed by atoms with Crippen molar-refractivity contribution in [3.63, 3.8) is 0 Å². The summed E-state index contributed by atoms with van der Waals surface area (Å²) in [6, 6.07) is 19.8. The molecule has 5 heterocycles. The van der Waals surface area contributed by atoms with E-state index in [-0.39, 0.29) is 11.8 Å². The van der Waals surface area contributed by atoms with Crippen LogP contribution in [0.2, 0.25) is 0 Å². The number of hydrogen-bond acceptors (Lipinski definition) is 7. The van der Waals surface area contributed by atoms with Crippen molar-refractivity contribution in [3.05, 3.63) is 94.0 Å². The average Bonchev–Trinajstić information content (AvgIpc) is 2.97. The van der Waals surface area contributed by atoms with Crippen LogP contribution in [0.25, 0.3) is 0 Å². The van der Waals surface area contributed by atoms with Crippen molar-refractivity contribution in [1.82, 2.24) is 5.32 Å². The molecule has 40 heavy (non-hydrogen) atoms. The Morgan fingerprint density at radius 2 is 1.68 bits per heavy atom. The van der Waals surface area contributed by atoms with Gasteiger partial charge in [-0.15, -0.1) is 0 Å². The lowest BCUT2D eigenvalue weighted by atomic mass is 9.88. The van der Waals surface area contributed by atoms with E-state index in [2.05, 4.69) is 35.6 Å². The van der Waals surface area contributed by atoms with Gasteiger partial charge in [-0.25, -0.2) is 0 Å². The third kappa shape index (κ3) is 3.80. The van der Waals surface area contributed by atoms with E-state index >= 15 is 0 Å². The summed E-state index contributed by atoms with van der Waals surface area (Å²) < 4.78 is 25.2. The second-order valence-electron chi connectivity index (χ2n) is 10.7. The zero-order chi connectivity index (χ0) is 26.8. The molecule has 0 unspecified atom stereocenters. The van der Waals surface area contributed by atoms with Crippen LogP contribution in [-0.2, 0) is 25.7 Å². The largest absolute Gasteiger partial charge is 0.504 e. The van der Waals surface area contributed by atoms with Gasteiger partial charge in [0.25, 0.3) is 0 Å². The van der Waals surface area contributed by atoms with Crippen LogP contribution in [-0.4, -0.2) is 31.0 Å². The van der Waals surface area contributed by atoms with Crippen molar-refractivity contribution >= 4 is 5.71 Å². The molecule has 9 rings (SSSR count). The average molecular weight is 533 g/mol. The van der Waals surface area contributed by atoms with Crippen molar-refractivity contribution in [3.8, 4) is 46.0 Å². The number of phenols is 1. The molecule has 0 radical (unpaired) electrons. The molecule has 0 amide bonds. The second-order valence-corrected chi connectivity index (χ2v) is 10.7. The quantitative estimate of drug-likeness (QED) is 0.259. The van der Waals surface area contributed by atoms with E-state index in [1.165, 1.54) is 11.1 Å². The fourth-order valence-corrected chi connectivity index (χ4v) is 6.28. The first-order valence-corrected chi connectivity index (χ1v) is 13.7. The minimum atomic E-state index is 0.0367. The van der Waals surface area contributed by atoms with E-state index in [1.54, 1.807) is 13.2 Å². The fourth-order valence-electron chi connectivity index (χ4n) is 6.28. The SMILES string of the molecule is COc1cc2c3c4c1Oc1cc5c(cc1O4)C(=NCC5)Cc1ccc(O)c(c1)Oc1ccc(cc1)C[C@@H]3NCC2. The third-order valence-corrected chi connectivity index (χ3v) is 8.25. The molecule has 4 aromatic rings. The predicted molar refractivity (Wildman–Crippen MR) is 151 cm³/mol. The molecule has 7 bridgehead atoms. The molecule has 4 aromatic carbocycles. The molecular weight excluding hydrogens is 504 g/mol. The van der Waals surface area contributed by atoms with Crippen LogP contribution in [0.1, 0.15) is 39.4 Å². The topological polar surface area (TPSA) is 81.5 Å². The summed E-state index contributed by atoms with van der Waals surface area (Å²) in [5.74, 6) is 4.61. The lowest BCUT2D eigenvalue weighted by Gasteiger charge is -2.33. The van der Waals surface area contributed by atoms with Gasteiger partial charge in [0.15, 0.2) is 34.5 Å². The maximum absolute atomic E-state index is 10.5. The molecule has 200 valence electrons. The summed E-state index contributed by atoms with van der Waals surface area (Å²) in [6.07, 6.45) is 3.08. The van der Waals surface area contributed by atoms with Crippen LogP contribution >= 0.6 is 0 Å². The van der Waals surface area contributed by atoms with Crippen LogP contribution in [0.5, 0.6) is 46.0 Å². The van der Waals surface area contributed by atoms with Crippen LogP contribution in [0.3, 0.4) is 0 Å². The number of aromatic hydroxyl groups is 1. The summed E-state index contributed by atoms with van der Waals surface area (Å²) in [5.41, 5.74) is 7.70. The number of benzene rings is 4. The first-order valence-electron chi connectivity index (χ1n) is 13.7. The highest BCUT2D eigenvalue weighted by Gasteiger charge is 2.34. The minimum Gasteiger partial charge on any atom is -0.504 e. The van der Waals surface area contributed by atoms with Crippen LogP contribution < -0.4 is 24.3 Å². The van der Waals surface area contributed by atoms with E-state index in [4.69, 9.17) is 23.9 Å². The van der Waals surface area contributed by atoms with Gasteiger partial charge in [0.05, 0.1) is 7.11 Å². The molecule has 2 N–H and O–H groups in total.